The van der Waals surface area contributed by atoms with Crippen molar-refractivity contribution < 1.29 is 17.2 Å². The van der Waals surface area contributed by atoms with Crippen LogP contribution in [0.4, 0.5) is 8.78 Å². The largest absolute Gasteiger partial charge is 0.261 e. The molecule has 1 aliphatic rings. The fourth-order valence-electron chi connectivity index (χ4n) is 5.47. The number of nitrogens with one attached hydrogen (secondary N) is 1. The lowest BCUT2D eigenvalue weighted by Crippen LogP contribution is -2.36. The highest BCUT2D eigenvalue weighted by Crippen LogP contribution is 2.49. The van der Waals surface area contributed by atoms with Crippen molar-refractivity contribution in [3.05, 3.63) is 89.3 Å². The predicted octanol–water partition coefficient (Wildman–Crippen LogP) is 5.31. The zero-order valence-corrected chi connectivity index (χ0v) is 23.3. The summed E-state index contributed by atoms with van der Waals surface area (Å²) in [4.78, 5) is 13.8. The Morgan fingerprint density at radius 1 is 1.02 bits per heavy atom. The van der Waals surface area contributed by atoms with Crippen molar-refractivity contribution in [2.75, 3.05) is 6.26 Å². The summed E-state index contributed by atoms with van der Waals surface area (Å²) in [6, 6.07) is 9.13. The van der Waals surface area contributed by atoms with E-state index in [0.717, 1.165) is 48.0 Å². The van der Waals surface area contributed by atoms with Crippen LogP contribution in [0.2, 0.25) is 0 Å². The van der Waals surface area contributed by atoms with Gasteiger partial charge in [-0.3, -0.25) is 9.97 Å². The molecule has 3 heterocycles. The van der Waals surface area contributed by atoms with Crippen LogP contribution in [0, 0.1) is 11.6 Å². The second-order valence-corrected chi connectivity index (χ2v) is 12.0. The monoisotopic (exact) mass is 564 g/mol. The maximum atomic E-state index is 14.6. The molecule has 11 heteroatoms. The molecule has 1 N–H and O–H groups in total. The molecule has 40 heavy (non-hydrogen) atoms. The molecule has 1 aliphatic carbocycles. The van der Waals surface area contributed by atoms with Gasteiger partial charge in [-0.05, 0) is 67.5 Å². The highest BCUT2D eigenvalue weighted by Gasteiger charge is 2.43. The van der Waals surface area contributed by atoms with E-state index in [9.17, 15) is 17.2 Å². The second-order valence-electron chi connectivity index (χ2n) is 10.1. The number of rotatable bonds is 8. The first-order valence-corrected chi connectivity index (χ1v) is 15.1. The Kier molecular flexibility index (Phi) is 7.70. The third kappa shape index (κ3) is 5.35. The zero-order chi connectivity index (χ0) is 28.5. The Labute approximate surface area is 232 Å². The first-order chi connectivity index (χ1) is 19.1. The number of benzene rings is 1. The van der Waals surface area contributed by atoms with Crippen molar-refractivity contribution in [1.29, 1.82) is 0 Å². The number of halogens is 2. The molecule has 4 aromatic rings. The summed E-state index contributed by atoms with van der Waals surface area (Å²) in [7, 11) is -3.33. The molecule has 3 aromatic heterocycles. The van der Waals surface area contributed by atoms with Crippen molar-refractivity contribution in [3.8, 4) is 22.5 Å². The van der Waals surface area contributed by atoms with E-state index in [-0.39, 0.29) is 23.7 Å². The van der Waals surface area contributed by atoms with Crippen LogP contribution in [-0.2, 0) is 22.0 Å². The smallest absolute Gasteiger partial charge is 0.209 e. The molecular formula is C29H30F2N6O2S. The van der Waals surface area contributed by atoms with Gasteiger partial charge >= 0.3 is 0 Å². The topological polar surface area (TPSA) is 111 Å². The summed E-state index contributed by atoms with van der Waals surface area (Å²) in [5.74, 6) is -1.18. The van der Waals surface area contributed by atoms with Crippen LogP contribution in [0.3, 0.4) is 0 Å². The van der Waals surface area contributed by atoms with E-state index < -0.39 is 27.1 Å². The molecule has 0 fully saturated rings. The standard InChI is InChI=1S/C29H30F2N6O2S/c1-4-18-11-12-29(5-2,28-21(18)13-24(36-37-28)27-22(30)7-6-8-23(27)31)26-17-32-16-25(35-26)19-9-10-20(33-14-19)15-34-40(3,38)39/h6-10,13-14,16-18,34H,4-5,11-12,15H2,1-3H3/t18-,29+/m0/s1. The van der Waals surface area contributed by atoms with Gasteiger partial charge in [0.05, 0.1) is 58.4 Å². The molecule has 0 amide bonds. The number of aromatic nitrogens is 5. The molecule has 5 rings (SSSR count). The summed E-state index contributed by atoms with van der Waals surface area (Å²) >= 11 is 0. The van der Waals surface area contributed by atoms with Crippen LogP contribution in [0.15, 0.2) is 55.0 Å². The van der Waals surface area contributed by atoms with Crippen molar-refractivity contribution >= 4 is 10.0 Å². The number of pyridine rings is 1. The van der Waals surface area contributed by atoms with E-state index in [1.54, 1.807) is 30.7 Å². The molecule has 2 atom stereocenters. The molecule has 208 valence electrons. The normalized spacial score (nSPS) is 18.9. The Balaban J connectivity index is 1.54. The van der Waals surface area contributed by atoms with Crippen molar-refractivity contribution in [2.24, 2.45) is 0 Å². The summed E-state index contributed by atoms with van der Waals surface area (Å²) in [6.07, 6.45) is 9.33. The third-order valence-corrected chi connectivity index (χ3v) is 8.38. The van der Waals surface area contributed by atoms with E-state index in [1.165, 1.54) is 18.2 Å². The van der Waals surface area contributed by atoms with Gasteiger partial charge in [0.15, 0.2) is 0 Å². The maximum absolute atomic E-state index is 14.6. The quantitative estimate of drug-likeness (QED) is 0.309. The average molecular weight is 565 g/mol. The summed E-state index contributed by atoms with van der Waals surface area (Å²) in [6.45, 7) is 4.26. The molecule has 0 bridgehead atoms. The number of hydrogen-bond acceptors (Lipinski definition) is 7. The lowest BCUT2D eigenvalue weighted by Gasteiger charge is -2.39. The number of nitrogens with zero attached hydrogens (tertiary/aromatic N) is 5. The van der Waals surface area contributed by atoms with Gasteiger partial charge in [-0.25, -0.2) is 26.9 Å². The van der Waals surface area contributed by atoms with E-state index in [2.05, 4.69) is 38.7 Å². The van der Waals surface area contributed by atoms with Crippen LogP contribution in [-0.4, -0.2) is 39.8 Å². The fraction of sp³-hybridized carbons (Fsp3) is 0.345. The molecule has 8 nitrogen and oxygen atoms in total. The highest BCUT2D eigenvalue weighted by atomic mass is 32.2. The molecule has 0 saturated heterocycles. The Morgan fingerprint density at radius 2 is 1.80 bits per heavy atom. The van der Waals surface area contributed by atoms with E-state index >= 15 is 0 Å². The Hall–Kier alpha value is -3.70. The maximum Gasteiger partial charge on any atom is 0.209 e. The predicted molar refractivity (Wildman–Crippen MR) is 148 cm³/mol. The minimum Gasteiger partial charge on any atom is -0.261 e. The number of hydrogen-bond donors (Lipinski definition) is 1. The third-order valence-electron chi connectivity index (χ3n) is 7.71. The lowest BCUT2D eigenvalue weighted by molar-refractivity contribution is 0.352. The van der Waals surface area contributed by atoms with Crippen LogP contribution < -0.4 is 4.72 Å². The zero-order valence-electron chi connectivity index (χ0n) is 22.5. The molecule has 1 aromatic carbocycles. The van der Waals surface area contributed by atoms with Crippen LogP contribution in [0.1, 0.15) is 68.1 Å². The van der Waals surface area contributed by atoms with Crippen molar-refractivity contribution in [2.45, 2.75) is 57.4 Å². The fourth-order valence-corrected chi connectivity index (χ4v) is 5.88. The van der Waals surface area contributed by atoms with Gasteiger partial charge in [-0.1, -0.05) is 19.9 Å². The first-order valence-electron chi connectivity index (χ1n) is 13.2. The van der Waals surface area contributed by atoms with Crippen LogP contribution in [0.25, 0.3) is 22.5 Å². The minimum atomic E-state index is -3.33. The van der Waals surface area contributed by atoms with Gasteiger partial charge in [0.1, 0.15) is 11.6 Å². The SMILES string of the molecule is CC[C@H]1CC[C@](CC)(c2cncc(-c3ccc(CNS(C)(=O)=O)nc3)n2)c2nnc(-c3c(F)cccc3F)cc21. The van der Waals surface area contributed by atoms with E-state index in [1.807, 2.05) is 6.07 Å². The van der Waals surface area contributed by atoms with Crippen molar-refractivity contribution in [1.82, 2.24) is 29.9 Å². The van der Waals surface area contributed by atoms with E-state index in [0.29, 0.717) is 17.8 Å². The van der Waals surface area contributed by atoms with Crippen LogP contribution >= 0.6 is 0 Å². The number of fused-ring (bicyclic) bond motifs is 1. The van der Waals surface area contributed by atoms with Crippen molar-refractivity contribution in [3.63, 3.8) is 0 Å². The van der Waals surface area contributed by atoms with E-state index in [4.69, 9.17) is 4.98 Å². The molecule has 0 saturated carbocycles. The molecule has 0 aliphatic heterocycles. The van der Waals surface area contributed by atoms with Gasteiger partial charge in [-0.15, -0.1) is 5.10 Å². The van der Waals surface area contributed by atoms with Gasteiger partial charge in [0.2, 0.25) is 10.0 Å². The van der Waals surface area contributed by atoms with Gasteiger partial charge in [0, 0.05) is 18.0 Å². The summed E-state index contributed by atoms with van der Waals surface area (Å²) in [5.41, 5.74) is 3.80. The lowest BCUT2D eigenvalue weighted by atomic mass is 9.65. The molecule has 0 spiro atoms. The molecular weight excluding hydrogens is 534 g/mol. The summed E-state index contributed by atoms with van der Waals surface area (Å²) in [5, 5.41) is 8.92. The highest BCUT2D eigenvalue weighted by molar-refractivity contribution is 7.88. The van der Waals surface area contributed by atoms with Gasteiger partial charge in [0.25, 0.3) is 0 Å². The second kappa shape index (κ2) is 11.1. The summed E-state index contributed by atoms with van der Waals surface area (Å²) < 4.78 is 54.4. The molecule has 0 unspecified atom stereocenters. The van der Waals surface area contributed by atoms with Crippen LogP contribution in [0.5, 0.6) is 0 Å². The molecule has 0 radical (unpaired) electrons. The average Bonchev–Trinajstić information content (AvgIpc) is 2.95. The minimum absolute atomic E-state index is 0.0938. The van der Waals surface area contributed by atoms with Gasteiger partial charge < -0.3 is 0 Å². The van der Waals surface area contributed by atoms with Gasteiger partial charge in [-0.2, -0.15) is 5.10 Å². The first kappa shape index (κ1) is 27.9. The Morgan fingerprint density at radius 3 is 2.45 bits per heavy atom. The number of sulfonamides is 1. The Bertz CT molecular complexity index is 1630.